The fraction of sp³-hybridized carbons (Fsp3) is 0.600. The zero-order chi connectivity index (χ0) is 11.5. The van der Waals surface area contributed by atoms with Crippen LogP contribution >= 0.6 is 23.2 Å². The molecule has 1 aromatic rings. The maximum atomic E-state index is 5.83. The Morgan fingerprint density at radius 1 is 1.27 bits per heavy atom. The summed E-state index contributed by atoms with van der Waals surface area (Å²) >= 11 is 11.7. The Labute approximate surface area is 100 Å². The molecule has 0 aromatic carbocycles. The van der Waals surface area contributed by atoms with Crippen LogP contribution in [0.25, 0.3) is 0 Å². The molecule has 0 aliphatic heterocycles. The summed E-state index contributed by atoms with van der Waals surface area (Å²) in [5.41, 5.74) is 1.49. The molecule has 0 aliphatic rings. The average molecular weight is 248 g/mol. The van der Waals surface area contributed by atoms with Crippen LogP contribution in [0.3, 0.4) is 0 Å². The largest absolute Gasteiger partial charge is 0.361 e. The van der Waals surface area contributed by atoms with Crippen molar-refractivity contribution in [1.29, 1.82) is 0 Å². The predicted octanol–water partition coefficient (Wildman–Crippen LogP) is 2.74. The zero-order valence-electron chi connectivity index (χ0n) is 9.14. The molecule has 3 nitrogen and oxygen atoms in total. The lowest BCUT2D eigenvalue weighted by molar-refractivity contribution is 0.643. The minimum atomic E-state index is -0.348. The van der Waals surface area contributed by atoms with E-state index in [1.54, 1.807) is 6.20 Å². The van der Waals surface area contributed by atoms with E-state index in [-0.39, 0.29) is 5.54 Å². The number of rotatable bonds is 4. The summed E-state index contributed by atoms with van der Waals surface area (Å²) in [4.78, 5) is 8.58. The number of anilines is 1. The van der Waals surface area contributed by atoms with Crippen LogP contribution in [-0.2, 0) is 0 Å². The van der Waals surface area contributed by atoms with Crippen molar-refractivity contribution in [3.05, 3.63) is 17.6 Å². The van der Waals surface area contributed by atoms with E-state index in [1.165, 1.54) is 0 Å². The van der Waals surface area contributed by atoms with Crippen LogP contribution in [0.1, 0.15) is 18.3 Å². The van der Waals surface area contributed by atoms with Gasteiger partial charge in [0.2, 0.25) is 0 Å². The zero-order valence-corrected chi connectivity index (χ0v) is 10.7. The van der Waals surface area contributed by atoms with Crippen molar-refractivity contribution in [3.8, 4) is 0 Å². The first-order valence-corrected chi connectivity index (χ1v) is 5.78. The number of hydrogen-bond acceptors (Lipinski definition) is 3. The fourth-order valence-corrected chi connectivity index (χ4v) is 1.43. The van der Waals surface area contributed by atoms with Gasteiger partial charge in [-0.15, -0.1) is 23.2 Å². The molecule has 0 bridgehead atoms. The summed E-state index contributed by atoms with van der Waals surface area (Å²) in [7, 11) is 0. The molecule has 0 amide bonds. The standard InChI is InChI=1S/C10H15Cl2N3/c1-7-8(2)14-9(4-13-7)15-10(3,5-11)6-12/h4H,5-6H2,1-3H3,(H,14,15). The first-order chi connectivity index (χ1) is 7.00. The Balaban J connectivity index is 2.85. The molecule has 1 heterocycles. The van der Waals surface area contributed by atoms with Gasteiger partial charge in [0.05, 0.1) is 23.1 Å². The molecule has 1 aromatic heterocycles. The van der Waals surface area contributed by atoms with Gasteiger partial charge in [0.15, 0.2) is 0 Å². The topological polar surface area (TPSA) is 37.8 Å². The van der Waals surface area contributed by atoms with Gasteiger partial charge in [-0.1, -0.05) is 0 Å². The molecule has 0 radical (unpaired) electrons. The van der Waals surface area contributed by atoms with E-state index in [2.05, 4.69) is 15.3 Å². The first-order valence-electron chi connectivity index (χ1n) is 4.71. The molecule has 1 N–H and O–H groups in total. The Morgan fingerprint density at radius 3 is 2.33 bits per heavy atom. The van der Waals surface area contributed by atoms with E-state index >= 15 is 0 Å². The highest BCUT2D eigenvalue weighted by Gasteiger charge is 2.22. The monoisotopic (exact) mass is 247 g/mol. The molecule has 1 rings (SSSR count). The molecule has 0 saturated carbocycles. The lowest BCUT2D eigenvalue weighted by Gasteiger charge is -2.26. The summed E-state index contributed by atoms with van der Waals surface area (Å²) < 4.78 is 0. The Bertz CT molecular complexity index is 337. The highest BCUT2D eigenvalue weighted by Crippen LogP contribution is 2.16. The van der Waals surface area contributed by atoms with Gasteiger partial charge in [0.25, 0.3) is 0 Å². The van der Waals surface area contributed by atoms with Crippen molar-refractivity contribution >= 4 is 29.0 Å². The number of nitrogens with zero attached hydrogens (tertiary/aromatic N) is 2. The molecule has 0 fully saturated rings. The predicted molar refractivity (Wildman–Crippen MR) is 65.0 cm³/mol. The SMILES string of the molecule is Cc1ncc(NC(C)(CCl)CCl)nc1C. The van der Waals surface area contributed by atoms with Crippen LogP contribution in [0.4, 0.5) is 5.82 Å². The maximum absolute atomic E-state index is 5.83. The molecular weight excluding hydrogens is 233 g/mol. The van der Waals surface area contributed by atoms with Gasteiger partial charge in [-0.25, -0.2) is 4.98 Å². The Hall–Kier alpha value is -0.540. The van der Waals surface area contributed by atoms with E-state index < -0.39 is 0 Å². The summed E-state index contributed by atoms with van der Waals surface area (Å²) in [5, 5.41) is 3.19. The third-order valence-electron chi connectivity index (χ3n) is 2.21. The molecule has 0 unspecified atom stereocenters. The quantitative estimate of drug-likeness (QED) is 0.832. The van der Waals surface area contributed by atoms with Crippen LogP contribution in [0, 0.1) is 13.8 Å². The van der Waals surface area contributed by atoms with Crippen molar-refractivity contribution in [3.63, 3.8) is 0 Å². The van der Waals surface area contributed by atoms with E-state index in [1.807, 2.05) is 20.8 Å². The number of aryl methyl sites for hydroxylation is 2. The first kappa shape index (κ1) is 12.5. The summed E-state index contributed by atoms with van der Waals surface area (Å²) in [6.45, 7) is 5.80. The van der Waals surface area contributed by atoms with Gasteiger partial charge in [0.1, 0.15) is 5.82 Å². The van der Waals surface area contributed by atoms with Crippen molar-refractivity contribution in [2.75, 3.05) is 17.1 Å². The van der Waals surface area contributed by atoms with Crippen LogP contribution in [0.2, 0.25) is 0 Å². The number of halogens is 2. The normalized spacial score (nSPS) is 11.5. The number of aromatic nitrogens is 2. The molecule has 0 aliphatic carbocycles. The van der Waals surface area contributed by atoms with Crippen LogP contribution in [-0.4, -0.2) is 27.3 Å². The Morgan fingerprint density at radius 2 is 1.87 bits per heavy atom. The molecule has 0 saturated heterocycles. The van der Waals surface area contributed by atoms with Crippen molar-refractivity contribution in [2.24, 2.45) is 0 Å². The summed E-state index contributed by atoms with van der Waals surface area (Å²) in [6.07, 6.45) is 1.69. The van der Waals surface area contributed by atoms with Crippen LogP contribution in [0.5, 0.6) is 0 Å². The van der Waals surface area contributed by atoms with E-state index in [4.69, 9.17) is 23.2 Å². The molecule has 0 atom stereocenters. The van der Waals surface area contributed by atoms with E-state index in [9.17, 15) is 0 Å². The van der Waals surface area contributed by atoms with Gasteiger partial charge in [-0.3, -0.25) is 4.98 Å². The third-order valence-corrected chi connectivity index (χ3v) is 3.39. The second kappa shape index (κ2) is 4.99. The van der Waals surface area contributed by atoms with Gasteiger partial charge in [-0.2, -0.15) is 0 Å². The third kappa shape index (κ3) is 3.21. The number of alkyl halides is 2. The summed E-state index contributed by atoms with van der Waals surface area (Å²) in [5.74, 6) is 1.55. The highest BCUT2D eigenvalue weighted by molar-refractivity contribution is 6.22. The van der Waals surface area contributed by atoms with Crippen molar-refractivity contribution in [1.82, 2.24) is 9.97 Å². The molecule has 5 heteroatoms. The van der Waals surface area contributed by atoms with Crippen LogP contribution in [0.15, 0.2) is 6.20 Å². The fourth-order valence-electron chi connectivity index (χ4n) is 1.01. The minimum absolute atomic E-state index is 0.348. The Kier molecular flexibility index (Phi) is 4.17. The van der Waals surface area contributed by atoms with Crippen LogP contribution < -0.4 is 5.32 Å². The average Bonchev–Trinajstić information content (AvgIpc) is 2.23. The number of nitrogens with one attached hydrogen (secondary N) is 1. The molecular formula is C10H15Cl2N3. The van der Waals surface area contributed by atoms with Gasteiger partial charge in [0, 0.05) is 11.8 Å². The van der Waals surface area contributed by atoms with Gasteiger partial charge >= 0.3 is 0 Å². The second-order valence-corrected chi connectivity index (χ2v) is 4.41. The maximum Gasteiger partial charge on any atom is 0.145 e. The lowest BCUT2D eigenvalue weighted by Crippen LogP contribution is -2.39. The van der Waals surface area contributed by atoms with Crippen molar-refractivity contribution < 1.29 is 0 Å². The minimum Gasteiger partial charge on any atom is -0.361 e. The van der Waals surface area contributed by atoms with E-state index in [0.29, 0.717) is 17.6 Å². The molecule has 84 valence electrons. The smallest absolute Gasteiger partial charge is 0.145 e. The molecule has 15 heavy (non-hydrogen) atoms. The van der Waals surface area contributed by atoms with Gasteiger partial charge in [-0.05, 0) is 20.8 Å². The molecule has 0 spiro atoms. The highest BCUT2D eigenvalue weighted by atomic mass is 35.5. The lowest BCUT2D eigenvalue weighted by atomic mass is 10.1. The second-order valence-electron chi connectivity index (χ2n) is 3.88. The van der Waals surface area contributed by atoms with Crippen molar-refractivity contribution in [2.45, 2.75) is 26.3 Å². The number of hydrogen-bond donors (Lipinski definition) is 1. The van der Waals surface area contributed by atoms with E-state index in [0.717, 1.165) is 11.4 Å². The summed E-state index contributed by atoms with van der Waals surface area (Å²) in [6, 6.07) is 0. The van der Waals surface area contributed by atoms with Gasteiger partial charge < -0.3 is 5.32 Å².